The molecule has 0 radical (unpaired) electrons. The number of aromatic nitrogens is 1. The number of hydrogen-bond acceptors (Lipinski definition) is 3. The summed E-state index contributed by atoms with van der Waals surface area (Å²) in [5.74, 6) is 0.756. The molecule has 20 heavy (non-hydrogen) atoms. The molecule has 0 unspecified atom stereocenters. The maximum Gasteiger partial charge on any atom is 0.227 e. The number of carbonyl (C=O) groups is 1. The molecule has 3 aromatic rings. The molecule has 0 amide bonds. The van der Waals surface area contributed by atoms with E-state index in [1.807, 2.05) is 49.4 Å². The summed E-state index contributed by atoms with van der Waals surface area (Å²) in [5, 5.41) is 0. The molecule has 2 aromatic carbocycles. The van der Waals surface area contributed by atoms with Gasteiger partial charge in [-0.1, -0.05) is 23.8 Å². The number of fused-ring (bicyclic) bond motifs is 1. The topological polar surface area (TPSA) is 43.1 Å². The van der Waals surface area contributed by atoms with Crippen molar-refractivity contribution in [2.75, 3.05) is 0 Å². The fourth-order valence-corrected chi connectivity index (χ4v) is 2.19. The van der Waals surface area contributed by atoms with Crippen molar-refractivity contribution in [2.24, 2.45) is 0 Å². The van der Waals surface area contributed by atoms with E-state index in [1.165, 1.54) is 5.56 Å². The summed E-state index contributed by atoms with van der Waals surface area (Å²) in [4.78, 5) is 15.7. The van der Waals surface area contributed by atoms with Crippen LogP contribution in [-0.2, 0) is 11.2 Å². The largest absolute Gasteiger partial charge is 0.436 e. The molecule has 1 heterocycles. The number of hydrogen-bond donors (Lipinski definition) is 0. The predicted molar refractivity (Wildman–Crippen MR) is 78.6 cm³/mol. The van der Waals surface area contributed by atoms with Crippen LogP contribution in [0.4, 0.5) is 0 Å². The molecule has 0 aliphatic rings. The number of oxazole rings is 1. The van der Waals surface area contributed by atoms with E-state index < -0.39 is 0 Å². The van der Waals surface area contributed by atoms with Gasteiger partial charge >= 0.3 is 0 Å². The van der Waals surface area contributed by atoms with Crippen molar-refractivity contribution in [3.63, 3.8) is 0 Å². The van der Waals surface area contributed by atoms with Crippen molar-refractivity contribution >= 4 is 16.9 Å². The predicted octanol–water partition coefficient (Wildman–Crippen LogP) is 3.93. The Labute approximate surface area is 117 Å². The minimum absolute atomic E-state index is 0.145. The second kappa shape index (κ2) is 4.93. The van der Waals surface area contributed by atoms with E-state index in [9.17, 15) is 4.79 Å². The summed E-state index contributed by atoms with van der Waals surface area (Å²) in [6.45, 7) is 3.63. The Kier molecular flexibility index (Phi) is 3.11. The average Bonchev–Trinajstić information content (AvgIpc) is 2.81. The molecule has 0 aliphatic carbocycles. The van der Waals surface area contributed by atoms with E-state index in [0.717, 1.165) is 22.2 Å². The Morgan fingerprint density at radius 2 is 1.90 bits per heavy atom. The number of nitrogens with zero attached hydrogens (tertiary/aromatic N) is 1. The third-order valence-corrected chi connectivity index (χ3v) is 3.20. The maximum atomic E-state index is 11.2. The molecule has 0 bridgehead atoms. The zero-order valence-corrected chi connectivity index (χ0v) is 11.5. The van der Waals surface area contributed by atoms with Gasteiger partial charge in [0.1, 0.15) is 11.3 Å². The van der Waals surface area contributed by atoms with E-state index in [-0.39, 0.29) is 5.78 Å². The molecule has 100 valence electrons. The fourth-order valence-electron chi connectivity index (χ4n) is 2.19. The Bertz CT molecular complexity index is 769. The van der Waals surface area contributed by atoms with E-state index in [4.69, 9.17) is 4.42 Å². The lowest BCUT2D eigenvalue weighted by Gasteiger charge is -1.95. The zero-order chi connectivity index (χ0) is 14.1. The second-order valence-corrected chi connectivity index (χ2v) is 5.07. The van der Waals surface area contributed by atoms with Gasteiger partial charge in [0.15, 0.2) is 5.58 Å². The molecule has 3 nitrogen and oxygen atoms in total. The fraction of sp³-hybridized carbons (Fsp3) is 0.176. The highest BCUT2D eigenvalue weighted by atomic mass is 16.3. The van der Waals surface area contributed by atoms with Gasteiger partial charge in [-0.15, -0.1) is 0 Å². The van der Waals surface area contributed by atoms with Crippen LogP contribution in [0.3, 0.4) is 0 Å². The van der Waals surface area contributed by atoms with Gasteiger partial charge in [-0.2, -0.15) is 0 Å². The van der Waals surface area contributed by atoms with Crippen LogP contribution in [-0.4, -0.2) is 10.8 Å². The van der Waals surface area contributed by atoms with Crippen LogP contribution in [0.5, 0.6) is 0 Å². The first kappa shape index (κ1) is 12.6. The normalized spacial score (nSPS) is 10.9. The van der Waals surface area contributed by atoms with Crippen molar-refractivity contribution in [1.82, 2.24) is 4.98 Å². The van der Waals surface area contributed by atoms with Crippen molar-refractivity contribution in [3.05, 3.63) is 53.6 Å². The summed E-state index contributed by atoms with van der Waals surface area (Å²) in [6.07, 6.45) is 0.433. The SMILES string of the molecule is CC(=O)Cc1ccc2oc(-c3ccc(C)cc3)nc2c1. The van der Waals surface area contributed by atoms with Crippen LogP contribution in [0.2, 0.25) is 0 Å². The lowest BCUT2D eigenvalue weighted by Crippen LogP contribution is -1.95. The number of Topliss-reactive ketones (excluding diaryl/α,β-unsaturated/α-hetero) is 1. The summed E-state index contributed by atoms with van der Waals surface area (Å²) < 4.78 is 5.76. The van der Waals surface area contributed by atoms with Crippen LogP contribution in [0, 0.1) is 6.92 Å². The van der Waals surface area contributed by atoms with Crippen LogP contribution in [0.1, 0.15) is 18.1 Å². The van der Waals surface area contributed by atoms with Gasteiger partial charge < -0.3 is 4.42 Å². The number of carbonyl (C=O) groups excluding carboxylic acids is 1. The minimum atomic E-state index is 0.145. The van der Waals surface area contributed by atoms with Crippen molar-refractivity contribution in [1.29, 1.82) is 0 Å². The van der Waals surface area contributed by atoms with Crippen molar-refractivity contribution in [2.45, 2.75) is 20.3 Å². The van der Waals surface area contributed by atoms with E-state index >= 15 is 0 Å². The van der Waals surface area contributed by atoms with Gasteiger partial charge in [-0.25, -0.2) is 4.98 Å². The van der Waals surface area contributed by atoms with E-state index in [1.54, 1.807) is 6.92 Å². The van der Waals surface area contributed by atoms with Gasteiger partial charge in [0, 0.05) is 12.0 Å². The number of aryl methyl sites for hydroxylation is 1. The molecule has 0 saturated carbocycles. The van der Waals surface area contributed by atoms with Crippen LogP contribution < -0.4 is 0 Å². The average molecular weight is 265 g/mol. The summed E-state index contributed by atoms with van der Waals surface area (Å²) in [6, 6.07) is 13.8. The molecule has 0 aliphatic heterocycles. The summed E-state index contributed by atoms with van der Waals surface area (Å²) in [5.41, 5.74) is 4.66. The lowest BCUT2D eigenvalue weighted by molar-refractivity contribution is -0.116. The number of benzene rings is 2. The molecule has 0 atom stereocenters. The lowest BCUT2D eigenvalue weighted by atomic mass is 10.1. The molecule has 1 aromatic heterocycles. The highest BCUT2D eigenvalue weighted by molar-refractivity contribution is 5.81. The quantitative estimate of drug-likeness (QED) is 0.720. The maximum absolute atomic E-state index is 11.2. The third-order valence-electron chi connectivity index (χ3n) is 3.20. The van der Waals surface area contributed by atoms with E-state index in [0.29, 0.717) is 12.3 Å². The van der Waals surface area contributed by atoms with Crippen molar-refractivity contribution in [3.8, 4) is 11.5 Å². The van der Waals surface area contributed by atoms with Gasteiger partial charge in [-0.05, 0) is 43.7 Å². The Hall–Kier alpha value is -2.42. The Balaban J connectivity index is 2.01. The van der Waals surface area contributed by atoms with Crippen LogP contribution >= 0.6 is 0 Å². The number of rotatable bonds is 3. The Morgan fingerprint density at radius 3 is 2.60 bits per heavy atom. The highest BCUT2D eigenvalue weighted by Crippen LogP contribution is 2.25. The molecule has 0 spiro atoms. The van der Waals surface area contributed by atoms with Crippen LogP contribution in [0.15, 0.2) is 46.9 Å². The van der Waals surface area contributed by atoms with Gasteiger partial charge in [-0.3, -0.25) is 4.79 Å². The molecule has 0 fully saturated rings. The molecule has 0 saturated heterocycles. The molecular formula is C17H15NO2. The first-order valence-corrected chi connectivity index (χ1v) is 6.58. The standard InChI is InChI=1S/C17H15NO2/c1-11-3-6-14(7-4-11)17-18-15-10-13(9-12(2)19)5-8-16(15)20-17/h3-8,10H,9H2,1-2H3. The summed E-state index contributed by atoms with van der Waals surface area (Å²) >= 11 is 0. The molecule has 3 heteroatoms. The van der Waals surface area contributed by atoms with Gasteiger partial charge in [0.25, 0.3) is 0 Å². The smallest absolute Gasteiger partial charge is 0.227 e. The van der Waals surface area contributed by atoms with Gasteiger partial charge in [0.05, 0.1) is 0 Å². The third kappa shape index (κ3) is 2.48. The van der Waals surface area contributed by atoms with E-state index in [2.05, 4.69) is 4.98 Å². The second-order valence-electron chi connectivity index (χ2n) is 5.07. The monoisotopic (exact) mass is 265 g/mol. The van der Waals surface area contributed by atoms with Gasteiger partial charge in [0.2, 0.25) is 5.89 Å². The number of ketones is 1. The molecule has 3 rings (SSSR count). The van der Waals surface area contributed by atoms with Crippen molar-refractivity contribution < 1.29 is 9.21 Å². The minimum Gasteiger partial charge on any atom is -0.436 e. The first-order chi connectivity index (χ1) is 9.61. The highest BCUT2D eigenvalue weighted by Gasteiger charge is 2.09. The summed E-state index contributed by atoms with van der Waals surface area (Å²) in [7, 11) is 0. The first-order valence-electron chi connectivity index (χ1n) is 6.58. The zero-order valence-electron chi connectivity index (χ0n) is 11.5. The van der Waals surface area contributed by atoms with Crippen LogP contribution in [0.25, 0.3) is 22.6 Å². The molecule has 0 N–H and O–H groups in total. The molecular weight excluding hydrogens is 250 g/mol. The Morgan fingerprint density at radius 1 is 1.15 bits per heavy atom.